The van der Waals surface area contributed by atoms with Gasteiger partial charge in [-0.15, -0.1) is 0 Å². The molecule has 1 amide bonds. The average Bonchev–Trinajstić information content (AvgIpc) is 3.12. The molecule has 3 aromatic heterocycles. The van der Waals surface area contributed by atoms with Crippen LogP contribution in [0.2, 0.25) is 0 Å². The molecule has 1 aliphatic rings. The lowest BCUT2D eigenvalue weighted by Crippen LogP contribution is -2.35. The first-order chi connectivity index (χ1) is 10.2. The fraction of sp³-hybridized carbons (Fsp3) is 0.267. The molecule has 0 aromatic carbocycles. The van der Waals surface area contributed by atoms with Gasteiger partial charge in [0.05, 0.1) is 12.2 Å². The summed E-state index contributed by atoms with van der Waals surface area (Å²) in [5, 5.41) is 3.94. The molecule has 0 bridgehead atoms. The van der Waals surface area contributed by atoms with E-state index in [0.717, 1.165) is 28.9 Å². The van der Waals surface area contributed by atoms with Gasteiger partial charge in [-0.2, -0.15) is 0 Å². The second-order valence-corrected chi connectivity index (χ2v) is 5.31. The summed E-state index contributed by atoms with van der Waals surface area (Å²) >= 11 is 0. The standard InChI is InChI=1S/C15H14N4O2/c1-10-3-2-5-18-8-13(16-14(10)18)15(20)19-6-4-12-11(7-19)9-21-17-12/h2-3,5,8-9H,4,6-7H2,1H3. The number of rotatable bonds is 1. The normalized spacial score (nSPS) is 14.4. The Morgan fingerprint density at radius 3 is 3.19 bits per heavy atom. The van der Waals surface area contributed by atoms with Crippen LogP contribution < -0.4 is 0 Å². The van der Waals surface area contributed by atoms with Gasteiger partial charge < -0.3 is 13.8 Å². The number of aromatic nitrogens is 3. The van der Waals surface area contributed by atoms with Gasteiger partial charge in [0.2, 0.25) is 0 Å². The smallest absolute Gasteiger partial charge is 0.274 e. The summed E-state index contributed by atoms with van der Waals surface area (Å²) in [7, 11) is 0. The molecule has 0 fully saturated rings. The van der Waals surface area contributed by atoms with Gasteiger partial charge in [-0.1, -0.05) is 11.2 Å². The zero-order valence-corrected chi connectivity index (χ0v) is 11.6. The molecule has 0 N–H and O–H groups in total. The zero-order chi connectivity index (χ0) is 14.4. The van der Waals surface area contributed by atoms with Crippen LogP contribution in [0.25, 0.3) is 5.65 Å². The summed E-state index contributed by atoms with van der Waals surface area (Å²) in [4.78, 5) is 18.9. The molecule has 106 valence electrons. The van der Waals surface area contributed by atoms with E-state index < -0.39 is 0 Å². The second-order valence-electron chi connectivity index (χ2n) is 5.31. The molecule has 6 heteroatoms. The quantitative estimate of drug-likeness (QED) is 0.683. The predicted octanol–water partition coefficient (Wildman–Crippen LogP) is 1.83. The van der Waals surface area contributed by atoms with Crippen molar-refractivity contribution in [3.05, 3.63) is 53.3 Å². The largest absolute Gasteiger partial charge is 0.364 e. The number of nitrogens with zero attached hydrogens (tertiary/aromatic N) is 4. The van der Waals surface area contributed by atoms with Crippen LogP contribution in [0.3, 0.4) is 0 Å². The van der Waals surface area contributed by atoms with E-state index in [0.29, 0.717) is 18.8 Å². The summed E-state index contributed by atoms with van der Waals surface area (Å²) in [6.07, 6.45) is 6.03. The van der Waals surface area contributed by atoms with Crippen LogP contribution in [-0.4, -0.2) is 31.9 Å². The summed E-state index contributed by atoms with van der Waals surface area (Å²) in [6.45, 7) is 3.16. The van der Waals surface area contributed by atoms with E-state index in [9.17, 15) is 4.79 Å². The van der Waals surface area contributed by atoms with Gasteiger partial charge in [0.25, 0.3) is 5.91 Å². The van der Waals surface area contributed by atoms with Gasteiger partial charge in [-0.25, -0.2) is 4.98 Å². The van der Waals surface area contributed by atoms with Crippen molar-refractivity contribution in [2.75, 3.05) is 6.54 Å². The van der Waals surface area contributed by atoms with E-state index >= 15 is 0 Å². The maximum atomic E-state index is 12.6. The Kier molecular flexibility index (Phi) is 2.57. The van der Waals surface area contributed by atoms with Crippen LogP contribution in [0, 0.1) is 6.92 Å². The first-order valence-electron chi connectivity index (χ1n) is 6.88. The first-order valence-corrected chi connectivity index (χ1v) is 6.88. The van der Waals surface area contributed by atoms with Crippen molar-refractivity contribution in [2.24, 2.45) is 0 Å². The van der Waals surface area contributed by atoms with Gasteiger partial charge in [0.1, 0.15) is 17.6 Å². The van der Waals surface area contributed by atoms with Gasteiger partial charge >= 0.3 is 0 Å². The molecule has 0 atom stereocenters. The maximum Gasteiger partial charge on any atom is 0.274 e. The number of aryl methyl sites for hydroxylation is 1. The summed E-state index contributed by atoms with van der Waals surface area (Å²) in [5.41, 5.74) is 4.28. The fourth-order valence-electron chi connectivity index (χ4n) is 2.73. The molecule has 4 rings (SSSR count). The number of carbonyl (C=O) groups is 1. The van der Waals surface area contributed by atoms with Crippen molar-refractivity contribution in [3.8, 4) is 0 Å². The van der Waals surface area contributed by atoms with Gasteiger partial charge in [0.15, 0.2) is 0 Å². The molecule has 0 spiro atoms. The topological polar surface area (TPSA) is 63.6 Å². The van der Waals surface area contributed by atoms with Crippen LogP contribution in [0.15, 0.2) is 35.3 Å². The maximum absolute atomic E-state index is 12.6. The zero-order valence-electron chi connectivity index (χ0n) is 11.6. The Bertz CT molecular complexity index is 833. The number of amides is 1. The van der Waals surface area contributed by atoms with Crippen molar-refractivity contribution in [3.63, 3.8) is 0 Å². The highest BCUT2D eigenvalue weighted by Crippen LogP contribution is 2.19. The molecule has 0 saturated heterocycles. The van der Waals surface area contributed by atoms with E-state index in [1.807, 2.05) is 29.7 Å². The monoisotopic (exact) mass is 282 g/mol. The molecule has 3 aromatic rings. The van der Waals surface area contributed by atoms with E-state index in [1.54, 1.807) is 17.4 Å². The number of hydrogen-bond acceptors (Lipinski definition) is 4. The number of carbonyl (C=O) groups excluding carboxylic acids is 1. The Morgan fingerprint density at radius 2 is 2.33 bits per heavy atom. The Hall–Kier alpha value is -2.63. The molecule has 1 aliphatic heterocycles. The Balaban J connectivity index is 1.66. The number of pyridine rings is 1. The SMILES string of the molecule is Cc1cccn2cc(C(=O)N3CCc4nocc4C3)nc12. The van der Waals surface area contributed by atoms with Crippen LogP contribution >= 0.6 is 0 Å². The van der Waals surface area contributed by atoms with E-state index in [-0.39, 0.29) is 5.91 Å². The van der Waals surface area contributed by atoms with Crippen molar-refractivity contribution < 1.29 is 9.32 Å². The third-order valence-electron chi connectivity index (χ3n) is 3.89. The van der Waals surface area contributed by atoms with Crippen molar-refractivity contribution in [1.82, 2.24) is 19.4 Å². The van der Waals surface area contributed by atoms with Crippen LogP contribution in [0.5, 0.6) is 0 Å². The minimum atomic E-state index is -0.0510. The summed E-state index contributed by atoms with van der Waals surface area (Å²) in [6, 6.07) is 3.93. The Labute approximate surface area is 121 Å². The lowest BCUT2D eigenvalue weighted by atomic mass is 10.1. The number of fused-ring (bicyclic) bond motifs is 2. The third kappa shape index (κ3) is 1.91. The first kappa shape index (κ1) is 12.1. The van der Waals surface area contributed by atoms with E-state index in [1.165, 1.54) is 0 Å². The lowest BCUT2D eigenvalue weighted by molar-refractivity contribution is 0.0729. The van der Waals surface area contributed by atoms with Gasteiger partial charge in [-0.3, -0.25) is 4.79 Å². The molecule has 0 radical (unpaired) electrons. The number of imidazole rings is 1. The number of hydrogen-bond donors (Lipinski definition) is 0. The average molecular weight is 282 g/mol. The molecule has 21 heavy (non-hydrogen) atoms. The Morgan fingerprint density at radius 1 is 1.43 bits per heavy atom. The predicted molar refractivity (Wildman–Crippen MR) is 74.9 cm³/mol. The molecule has 0 unspecified atom stereocenters. The molecule has 0 aliphatic carbocycles. The van der Waals surface area contributed by atoms with Crippen LogP contribution in [0.1, 0.15) is 27.3 Å². The molecular formula is C15H14N4O2. The highest BCUT2D eigenvalue weighted by Gasteiger charge is 2.25. The van der Waals surface area contributed by atoms with E-state index in [4.69, 9.17) is 4.52 Å². The van der Waals surface area contributed by atoms with Crippen molar-refractivity contribution in [1.29, 1.82) is 0 Å². The fourth-order valence-corrected chi connectivity index (χ4v) is 2.73. The molecular weight excluding hydrogens is 268 g/mol. The summed E-state index contributed by atoms with van der Waals surface area (Å²) in [5.74, 6) is -0.0510. The summed E-state index contributed by atoms with van der Waals surface area (Å²) < 4.78 is 6.84. The van der Waals surface area contributed by atoms with E-state index in [2.05, 4.69) is 10.1 Å². The highest BCUT2D eigenvalue weighted by atomic mass is 16.5. The third-order valence-corrected chi connectivity index (χ3v) is 3.89. The molecule has 0 saturated carbocycles. The van der Waals surface area contributed by atoms with Crippen LogP contribution in [0.4, 0.5) is 0 Å². The van der Waals surface area contributed by atoms with Gasteiger partial charge in [0, 0.05) is 30.9 Å². The van der Waals surface area contributed by atoms with Crippen molar-refractivity contribution in [2.45, 2.75) is 19.9 Å². The molecule has 4 heterocycles. The lowest BCUT2D eigenvalue weighted by Gasteiger charge is -2.24. The molecule has 6 nitrogen and oxygen atoms in total. The highest BCUT2D eigenvalue weighted by molar-refractivity contribution is 5.93. The minimum absolute atomic E-state index is 0.0510. The van der Waals surface area contributed by atoms with Gasteiger partial charge in [-0.05, 0) is 18.6 Å². The van der Waals surface area contributed by atoms with Crippen molar-refractivity contribution >= 4 is 11.6 Å². The second kappa shape index (κ2) is 4.44. The van der Waals surface area contributed by atoms with Crippen LogP contribution in [-0.2, 0) is 13.0 Å². The minimum Gasteiger partial charge on any atom is -0.364 e.